The molecule has 1 N–H and O–H groups in total. The lowest BCUT2D eigenvalue weighted by Crippen LogP contribution is -2.52. The fourth-order valence-electron chi connectivity index (χ4n) is 5.05. The zero-order valence-electron chi connectivity index (χ0n) is 24.6. The Bertz CT molecular complexity index is 1600. The van der Waals surface area contributed by atoms with E-state index in [4.69, 9.17) is 32.7 Å². The average molecular weight is 667 g/mol. The quantitative estimate of drug-likeness (QED) is 0.261. The van der Waals surface area contributed by atoms with Gasteiger partial charge in [0.25, 0.3) is 10.0 Å². The Hall–Kier alpha value is -3.54. The van der Waals surface area contributed by atoms with E-state index in [2.05, 4.69) is 5.32 Å². The number of ether oxygens (including phenoxy) is 2. The van der Waals surface area contributed by atoms with E-state index in [-0.39, 0.29) is 39.8 Å². The van der Waals surface area contributed by atoms with Crippen molar-refractivity contribution >= 4 is 50.7 Å². The fraction of sp³-hybridized carbons (Fsp3) is 0.355. The van der Waals surface area contributed by atoms with Crippen LogP contribution in [0.4, 0.5) is 10.1 Å². The molecule has 44 heavy (non-hydrogen) atoms. The maximum absolute atomic E-state index is 14.1. The first-order chi connectivity index (χ1) is 20.9. The van der Waals surface area contributed by atoms with Crippen LogP contribution in [0.2, 0.25) is 10.0 Å². The standard InChI is InChI=1S/C31H34Cl2FN3O6S/c1-20(31(39)35-23-6-4-5-7-23)36(18-21-8-14-26(32)27(33)16-21)30(38)19-37(24-11-9-22(34)10-12-24)44(40,41)25-13-15-28(42-2)29(17-25)43-3/h8-17,20,23H,4-7,18-19H2,1-3H3,(H,35,39)/t20-/m1/s1. The molecule has 0 bridgehead atoms. The van der Waals surface area contributed by atoms with Gasteiger partial charge in [-0.25, -0.2) is 12.8 Å². The Kier molecular flexibility index (Phi) is 11.0. The Balaban J connectivity index is 1.72. The smallest absolute Gasteiger partial charge is 0.264 e. The summed E-state index contributed by atoms with van der Waals surface area (Å²) >= 11 is 12.3. The van der Waals surface area contributed by atoms with Crippen LogP contribution in [0.3, 0.4) is 0 Å². The van der Waals surface area contributed by atoms with Crippen molar-refractivity contribution in [3.05, 3.63) is 82.1 Å². The molecule has 3 aromatic rings. The minimum atomic E-state index is -4.41. The maximum Gasteiger partial charge on any atom is 0.264 e. The zero-order chi connectivity index (χ0) is 32.0. The second kappa shape index (κ2) is 14.5. The van der Waals surface area contributed by atoms with E-state index in [0.717, 1.165) is 42.1 Å². The van der Waals surface area contributed by atoms with Crippen LogP contribution in [0, 0.1) is 5.82 Å². The maximum atomic E-state index is 14.1. The molecule has 0 unspecified atom stereocenters. The van der Waals surface area contributed by atoms with Gasteiger partial charge in [0.2, 0.25) is 11.8 Å². The molecule has 0 radical (unpaired) electrons. The Morgan fingerprint density at radius 1 is 0.955 bits per heavy atom. The number of methoxy groups -OCH3 is 2. The molecule has 236 valence electrons. The molecule has 2 amide bonds. The summed E-state index contributed by atoms with van der Waals surface area (Å²) in [5, 5.41) is 3.60. The van der Waals surface area contributed by atoms with Gasteiger partial charge in [0.05, 0.1) is 34.8 Å². The SMILES string of the molecule is COc1ccc(S(=O)(=O)N(CC(=O)N(Cc2ccc(Cl)c(Cl)c2)[C@H](C)C(=O)NC2CCCC2)c2ccc(F)cc2)cc1OC. The number of anilines is 1. The lowest BCUT2D eigenvalue weighted by molar-refractivity contribution is -0.139. The van der Waals surface area contributed by atoms with Crippen LogP contribution in [0.1, 0.15) is 38.2 Å². The van der Waals surface area contributed by atoms with E-state index in [1.165, 1.54) is 49.5 Å². The van der Waals surface area contributed by atoms with Crippen LogP contribution in [0.5, 0.6) is 11.5 Å². The largest absolute Gasteiger partial charge is 0.493 e. The van der Waals surface area contributed by atoms with Crippen molar-refractivity contribution in [2.45, 2.75) is 56.1 Å². The van der Waals surface area contributed by atoms with Gasteiger partial charge in [0.15, 0.2) is 11.5 Å². The molecule has 0 spiro atoms. The highest BCUT2D eigenvalue weighted by Gasteiger charge is 2.34. The first-order valence-corrected chi connectivity index (χ1v) is 16.2. The number of nitrogens with zero attached hydrogens (tertiary/aromatic N) is 2. The molecule has 1 saturated carbocycles. The molecule has 4 rings (SSSR count). The number of rotatable bonds is 12. The number of halogens is 3. The number of hydrogen-bond donors (Lipinski definition) is 1. The van der Waals surface area contributed by atoms with Gasteiger partial charge in [0.1, 0.15) is 18.4 Å². The number of hydrogen-bond acceptors (Lipinski definition) is 6. The summed E-state index contributed by atoms with van der Waals surface area (Å²) in [5.41, 5.74) is 0.636. The number of nitrogens with one attached hydrogen (secondary N) is 1. The van der Waals surface area contributed by atoms with Gasteiger partial charge in [0, 0.05) is 18.7 Å². The summed E-state index contributed by atoms with van der Waals surface area (Å²) in [6.45, 7) is 0.845. The predicted octanol–water partition coefficient (Wildman–Crippen LogP) is 5.82. The zero-order valence-corrected chi connectivity index (χ0v) is 26.9. The molecule has 3 aromatic carbocycles. The van der Waals surface area contributed by atoms with E-state index in [9.17, 15) is 22.4 Å². The lowest BCUT2D eigenvalue weighted by Gasteiger charge is -2.32. The minimum absolute atomic E-state index is 0.00743. The van der Waals surface area contributed by atoms with Gasteiger partial charge in [-0.05, 0) is 73.9 Å². The Morgan fingerprint density at radius 3 is 2.23 bits per heavy atom. The molecule has 0 heterocycles. The van der Waals surface area contributed by atoms with E-state index in [0.29, 0.717) is 16.3 Å². The van der Waals surface area contributed by atoms with E-state index in [1.54, 1.807) is 25.1 Å². The molecule has 1 aliphatic carbocycles. The summed E-state index contributed by atoms with van der Waals surface area (Å²) < 4.78 is 53.4. The van der Waals surface area contributed by atoms with Crippen LogP contribution < -0.4 is 19.1 Å². The summed E-state index contributed by atoms with van der Waals surface area (Å²) in [6, 6.07) is 12.6. The number of benzene rings is 3. The van der Waals surface area contributed by atoms with Gasteiger partial charge < -0.3 is 19.7 Å². The Morgan fingerprint density at radius 2 is 1.61 bits per heavy atom. The van der Waals surface area contributed by atoms with Crippen LogP contribution in [0.15, 0.2) is 65.6 Å². The van der Waals surface area contributed by atoms with Gasteiger partial charge >= 0.3 is 0 Å². The highest BCUT2D eigenvalue weighted by atomic mass is 35.5. The molecular weight excluding hydrogens is 632 g/mol. The van der Waals surface area contributed by atoms with E-state index >= 15 is 0 Å². The van der Waals surface area contributed by atoms with Crippen LogP contribution in [0.25, 0.3) is 0 Å². The van der Waals surface area contributed by atoms with E-state index in [1.807, 2.05) is 0 Å². The molecule has 0 aliphatic heterocycles. The molecule has 0 aromatic heterocycles. The lowest BCUT2D eigenvalue weighted by atomic mass is 10.1. The van der Waals surface area contributed by atoms with Crippen molar-refractivity contribution in [2.24, 2.45) is 0 Å². The van der Waals surface area contributed by atoms with Gasteiger partial charge in [-0.2, -0.15) is 0 Å². The Labute approximate surface area is 266 Å². The molecular formula is C31H34Cl2FN3O6S. The molecule has 9 nitrogen and oxygen atoms in total. The minimum Gasteiger partial charge on any atom is -0.493 e. The molecule has 0 saturated heterocycles. The topological polar surface area (TPSA) is 105 Å². The van der Waals surface area contributed by atoms with Crippen molar-refractivity contribution in [3.8, 4) is 11.5 Å². The molecule has 13 heteroatoms. The monoisotopic (exact) mass is 665 g/mol. The normalized spacial score (nSPS) is 14.1. The average Bonchev–Trinajstić information content (AvgIpc) is 3.53. The van der Waals surface area contributed by atoms with Crippen LogP contribution in [-0.4, -0.2) is 58.0 Å². The van der Waals surface area contributed by atoms with Crippen molar-refractivity contribution in [3.63, 3.8) is 0 Å². The fourth-order valence-corrected chi connectivity index (χ4v) is 6.80. The highest BCUT2D eigenvalue weighted by Crippen LogP contribution is 2.33. The highest BCUT2D eigenvalue weighted by molar-refractivity contribution is 7.92. The first-order valence-electron chi connectivity index (χ1n) is 14.0. The second-order valence-electron chi connectivity index (χ2n) is 10.4. The molecule has 1 atom stereocenters. The molecule has 1 aliphatic rings. The summed E-state index contributed by atoms with van der Waals surface area (Å²) in [7, 11) is -1.63. The number of carbonyl (C=O) groups is 2. The summed E-state index contributed by atoms with van der Waals surface area (Å²) in [6.07, 6.45) is 3.71. The third-order valence-corrected chi connectivity index (χ3v) is 10.1. The van der Waals surface area contributed by atoms with Crippen LogP contribution in [-0.2, 0) is 26.2 Å². The van der Waals surface area contributed by atoms with E-state index < -0.39 is 34.3 Å². The van der Waals surface area contributed by atoms with Crippen molar-refractivity contribution < 1.29 is 31.9 Å². The van der Waals surface area contributed by atoms with Crippen molar-refractivity contribution in [1.29, 1.82) is 0 Å². The third kappa shape index (κ3) is 7.75. The van der Waals surface area contributed by atoms with Crippen LogP contribution >= 0.6 is 23.2 Å². The second-order valence-corrected chi connectivity index (χ2v) is 13.1. The third-order valence-electron chi connectivity index (χ3n) is 7.54. The van der Waals surface area contributed by atoms with Crippen molar-refractivity contribution in [2.75, 3.05) is 25.1 Å². The van der Waals surface area contributed by atoms with Gasteiger partial charge in [-0.1, -0.05) is 42.1 Å². The summed E-state index contributed by atoms with van der Waals surface area (Å²) in [5.74, 6) is -1.13. The summed E-state index contributed by atoms with van der Waals surface area (Å²) in [4.78, 5) is 28.6. The van der Waals surface area contributed by atoms with Gasteiger partial charge in [-0.15, -0.1) is 0 Å². The van der Waals surface area contributed by atoms with Crippen molar-refractivity contribution in [1.82, 2.24) is 10.2 Å². The number of sulfonamides is 1. The number of carbonyl (C=O) groups excluding carboxylic acids is 2. The first kappa shape index (κ1) is 33.4. The number of amides is 2. The van der Waals surface area contributed by atoms with Gasteiger partial charge in [-0.3, -0.25) is 13.9 Å². The molecule has 1 fully saturated rings. The predicted molar refractivity (Wildman–Crippen MR) is 167 cm³/mol.